The van der Waals surface area contributed by atoms with Gasteiger partial charge in [-0.1, -0.05) is 61.0 Å². The van der Waals surface area contributed by atoms with Crippen LogP contribution in [0.15, 0.2) is 60.7 Å². The number of halogens is 1. The van der Waals surface area contributed by atoms with Gasteiger partial charge in [-0.15, -0.1) is 0 Å². The van der Waals surface area contributed by atoms with E-state index in [-0.39, 0.29) is 30.8 Å². The first kappa shape index (κ1) is 22.8. The van der Waals surface area contributed by atoms with Crippen LogP contribution in [0.3, 0.4) is 0 Å². The van der Waals surface area contributed by atoms with Gasteiger partial charge < -0.3 is 10.2 Å². The third kappa shape index (κ3) is 4.31. The van der Waals surface area contributed by atoms with Crippen molar-refractivity contribution in [2.45, 2.75) is 32.9 Å². The SMILES string of the molecule is CCNC(=O)[C@@H](CC)N(Cc1ccccc1Cl)C(=O)CN1C(=O)c2cccc3cccc1c23. The van der Waals surface area contributed by atoms with Gasteiger partial charge in [-0.25, -0.2) is 0 Å². The van der Waals surface area contributed by atoms with Crippen LogP contribution >= 0.6 is 11.6 Å². The molecule has 1 N–H and O–H groups in total. The Balaban J connectivity index is 1.67. The molecule has 1 atom stereocenters. The molecule has 4 rings (SSSR count). The Morgan fingerprint density at radius 3 is 2.45 bits per heavy atom. The summed E-state index contributed by atoms with van der Waals surface area (Å²) in [6, 6.07) is 17.8. The van der Waals surface area contributed by atoms with Crippen LogP contribution in [0, 0.1) is 0 Å². The molecule has 1 aliphatic heterocycles. The first-order chi connectivity index (χ1) is 16.0. The Bertz CT molecular complexity index is 1220. The maximum absolute atomic E-state index is 13.6. The fraction of sp³-hybridized carbons (Fsp3) is 0.269. The van der Waals surface area contributed by atoms with Crippen LogP contribution < -0.4 is 10.2 Å². The van der Waals surface area contributed by atoms with Crippen molar-refractivity contribution < 1.29 is 14.4 Å². The smallest absolute Gasteiger partial charge is 0.259 e. The molecule has 170 valence electrons. The number of anilines is 1. The number of hydrogen-bond donors (Lipinski definition) is 1. The van der Waals surface area contributed by atoms with Crippen LogP contribution in [0.25, 0.3) is 10.8 Å². The van der Waals surface area contributed by atoms with Crippen molar-refractivity contribution in [1.29, 1.82) is 0 Å². The van der Waals surface area contributed by atoms with Crippen LogP contribution in [0.2, 0.25) is 5.02 Å². The van der Waals surface area contributed by atoms with E-state index < -0.39 is 6.04 Å². The summed E-state index contributed by atoms with van der Waals surface area (Å²) in [5, 5.41) is 5.15. The number of hydrogen-bond acceptors (Lipinski definition) is 3. The molecule has 0 aliphatic carbocycles. The van der Waals surface area contributed by atoms with Crippen LogP contribution in [-0.4, -0.2) is 41.8 Å². The molecule has 0 fully saturated rings. The van der Waals surface area contributed by atoms with Gasteiger partial charge in [0.05, 0.1) is 5.69 Å². The molecule has 33 heavy (non-hydrogen) atoms. The summed E-state index contributed by atoms with van der Waals surface area (Å²) in [6.07, 6.45) is 0.436. The van der Waals surface area contributed by atoms with E-state index in [0.717, 1.165) is 16.3 Å². The lowest BCUT2D eigenvalue weighted by Gasteiger charge is -2.32. The fourth-order valence-corrected chi connectivity index (χ4v) is 4.58. The van der Waals surface area contributed by atoms with Gasteiger partial charge in [0.15, 0.2) is 0 Å². The molecule has 0 radical (unpaired) electrons. The van der Waals surface area contributed by atoms with Gasteiger partial charge in [0, 0.05) is 29.1 Å². The first-order valence-electron chi connectivity index (χ1n) is 11.1. The number of nitrogens with one attached hydrogen (secondary N) is 1. The number of nitrogens with zero attached hydrogens (tertiary/aromatic N) is 2. The first-order valence-corrected chi connectivity index (χ1v) is 11.5. The monoisotopic (exact) mass is 463 g/mol. The molecule has 0 saturated carbocycles. The summed E-state index contributed by atoms with van der Waals surface area (Å²) in [5.74, 6) is -0.747. The highest BCUT2D eigenvalue weighted by molar-refractivity contribution is 6.31. The predicted molar refractivity (Wildman–Crippen MR) is 130 cm³/mol. The van der Waals surface area contributed by atoms with Gasteiger partial charge in [-0.05, 0) is 42.5 Å². The number of carbonyl (C=O) groups excluding carboxylic acids is 3. The molecule has 3 aromatic rings. The zero-order chi connectivity index (χ0) is 23.5. The second kappa shape index (κ2) is 9.63. The summed E-state index contributed by atoms with van der Waals surface area (Å²) in [4.78, 5) is 42.7. The highest BCUT2D eigenvalue weighted by atomic mass is 35.5. The van der Waals surface area contributed by atoms with Gasteiger partial charge >= 0.3 is 0 Å². The van der Waals surface area contributed by atoms with Crippen molar-refractivity contribution >= 4 is 45.8 Å². The number of likely N-dealkylation sites (N-methyl/N-ethyl adjacent to an activating group) is 1. The van der Waals surface area contributed by atoms with Crippen molar-refractivity contribution in [3.05, 3.63) is 76.8 Å². The van der Waals surface area contributed by atoms with E-state index in [4.69, 9.17) is 11.6 Å². The molecule has 3 amide bonds. The quantitative estimate of drug-likeness (QED) is 0.538. The Kier molecular flexibility index (Phi) is 6.65. The summed E-state index contributed by atoms with van der Waals surface area (Å²) in [6.45, 7) is 4.18. The van der Waals surface area contributed by atoms with Crippen LogP contribution in [0.5, 0.6) is 0 Å². The van der Waals surface area contributed by atoms with E-state index in [2.05, 4.69) is 5.32 Å². The van der Waals surface area contributed by atoms with E-state index in [0.29, 0.717) is 29.2 Å². The second-order valence-corrected chi connectivity index (χ2v) is 8.41. The summed E-state index contributed by atoms with van der Waals surface area (Å²) < 4.78 is 0. The lowest BCUT2D eigenvalue weighted by molar-refractivity contribution is -0.140. The molecule has 1 aliphatic rings. The molecule has 0 spiro atoms. The van der Waals surface area contributed by atoms with E-state index in [1.165, 1.54) is 9.80 Å². The van der Waals surface area contributed by atoms with Gasteiger partial charge in [-0.3, -0.25) is 19.3 Å². The maximum Gasteiger partial charge on any atom is 0.259 e. The lowest BCUT2D eigenvalue weighted by atomic mass is 10.1. The molecule has 3 aromatic carbocycles. The minimum absolute atomic E-state index is 0.160. The standard InChI is InChI=1S/C26H26ClN3O3/c1-3-21(25(32)28-4-2)29(15-18-9-5-6-13-20(18)27)23(31)16-30-22-14-8-11-17-10-7-12-19(24(17)22)26(30)33/h5-14,21H,3-4,15-16H2,1-2H3,(H,28,32)/t21-/m1/s1. The van der Waals surface area contributed by atoms with Gasteiger partial charge in [0.1, 0.15) is 12.6 Å². The van der Waals surface area contributed by atoms with Crippen molar-refractivity contribution in [2.75, 3.05) is 18.0 Å². The van der Waals surface area contributed by atoms with Crippen molar-refractivity contribution in [3.8, 4) is 0 Å². The third-order valence-electron chi connectivity index (χ3n) is 5.98. The lowest BCUT2D eigenvalue weighted by Crippen LogP contribution is -2.52. The van der Waals surface area contributed by atoms with Gasteiger partial charge in [0.25, 0.3) is 5.91 Å². The highest BCUT2D eigenvalue weighted by Gasteiger charge is 2.35. The number of carbonyl (C=O) groups is 3. The van der Waals surface area contributed by atoms with E-state index in [1.54, 1.807) is 12.1 Å². The number of benzene rings is 3. The third-order valence-corrected chi connectivity index (χ3v) is 6.35. The van der Waals surface area contributed by atoms with Crippen LogP contribution in [-0.2, 0) is 16.1 Å². The minimum Gasteiger partial charge on any atom is -0.355 e. The fourth-order valence-electron chi connectivity index (χ4n) is 4.38. The summed E-state index contributed by atoms with van der Waals surface area (Å²) in [5.41, 5.74) is 2.04. The average molecular weight is 464 g/mol. The topological polar surface area (TPSA) is 69.7 Å². The number of rotatable bonds is 8. The molecule has 6 nitrogen and oxygen atoms in total. The van der Waals surface area contributed by atoms with Gasteiger partial charge in [-0.2, -0.15) is 0 Å². The molecule has 1 heterocycles. The Morgan fingerprint density at radius 1 is 1.03 bits per heavy atom. The minimum atomic E-state index is -0.676. The molecule has 0 unspecified atom stereocenters. The second-order valence-electron chi connectivity index (χ2n) is 8.00. The molecule has 0 bridgehead atoms. The zero-order valence-corrected chi connectivity index (χ0v) is 19.4. The van der Waals surface area contributed by atoms with Crippen molar-refractivity contribution in [2.24, 2.45) is 0 Å². The Morgan fingerprint density at radius 2 is 1.76 bits per heavy atom. The van der Waals surface area contributed by atoms with Crippen molar-refractivity contribution in [3.63, 3.8) is 0 Å². The average Bonchev–Trinajstić information content (AvgIpc) is 3.08. The Labute approximate surface area is 198 Å². The Hall–Kier alpha value is -3.38. The predicted octanol–water partition coefficient (Wildman–Crippen LogP) is 4.40. The van der Waals surface area contributed by atoms with Crippen LogP contribution in [0.1, 0.15) is 36.2 Å². The summed E-state index contributed by atoms with van der Waals surface area (Å²) >= 11 is 6.37. The highest BCUT2D eigenvalue weighted by Crippen LogP contribution is 2.37. The van der Waals surface area contributed by atoms with E-state index >= 15 is 0 Å². The largest absolute Gasteiger partial charge is 0.355 e. The number of amides is 3. The molecular weight excluding hydrogens is 438 g/mol. The molecule has 7 heteroatoms. The van der Waals surface area contributed by atoms with Gasteiger partial charge in [0.2, 0.25) is 11.8 Å². The molecular formula is C26H26ClN3O3. The van der Waals surface area contributed by atoms with Crippen LogP contribution in [0.4, 0.5) is 5.69 Å². The maximum atomic E-state index is 13.6. The summed E-state index contributed by atoms with van der Waals surface area (Å²) in [7, 11) is 0. The molecule has 0 saturated heterocycles. The molecule has 0 aromatic heterocycles. The zero-order valence-electron chi connectivity index (χ0n) is 18.7. The normalized spacial score (nSPS) is 13.3. The van der Waals surface area contributed by atoms with Crippen molar-refractivity contribution in [1.82, 2.24) is 10.2 Å². The van der Waals surface area contributed by atoms with E-state index in [1.807, 2.05) is 62.4 Å². The van der Waals surface area contributed by atoms with E-state index in [9.17, 15) is 14.4 Å².